The van der Waals surface area contributed by atoms with E-state index in [1.807, 2.05) is 0 Å². The van der Waals surface area contributed by atoms with Gasteiger partial charge in [0.2, 0.25) is 0 Å². The number of nitrogens with zero attached hydrogens (tertiary/aromatic N) is 1. The molecule has 0 aliphatic carbocycles. The number of halogens is 1. The van der Waals surface area contributed by atoms with E-state index in [1.54, 1.807) is 11.8 Å². The van der Waals surface area contributed by atoms with Gasteiger partial charge in [-0.05, 0) is 18.7 Å². The average molecular weight is 274 g/mol. The summed E-state index contributed by atoms with van der Waals surface area (Å²) in [5.74, 6) is 0.0620. The predicted octanol–water partition coefficient (Wildman–Crippen LogP) is 2.19. The summed E-state index contributed by atoms with van der Waals surface area (Å²) in [5, 5.41) is 3.65. The minimum atomic E-state index is -0.173. The number of nitrogens with two attached hydrogens (primary N) is 1. The highest BCUT2D eigenvalue weighted by atomic mass is 35.5. The van der Waals surface area contributed by atoms with Crippen molar-refractivity contribution in [3.8, 4) is 0 Å². The molecule has 0 aromatic carbocycles. The number of hydrogen-bond donors (Lipinski definition) is 2. The molecular formula is C11H16ClN3OS. The smallest absolute Gasteiger partial charge is 0.252 e. The number of nitrogen functional groups attached to an aromatic ring is 1. The first kappa shape index (κ1) is 14.1. The second-order valence-electron chi connectivity index (χ2n) is 3.68. The quantitative estimate of drug-likeness (QED) is 0.863. The Labute approximate surface area is 110 Å². The third-order valence-electron chi connectivity index (χ3n) is 2.37. The number of nitrogens with one attached hydrogen (secondary N) is 1. The van der Waals surface area contributed by atoms with Crippen molar-refractivity contribution in [2.45, 2.75) is 18.6 Å². The van der Waals surface area contributed by atoms with Crippen molar-refractivity contribution in [3.63, 3.8) is 0 Å². The molecule has 1 unspecified atom stereocenters. The Morgan fingerprint density at radius 2 is 2.41 bits per heavy atom. The van der Waals surface area contributed by atoms with Gasteiger partial charge in [0.05, 0.1) is 10.6 Å². The van der Waals surface area contributed by atoms with Crippen LogP contribution in [0.15, 0.2) is 12.3 Å². The van der Waals surface area contributed by atoms with Gasteiger partial charge in [0.15, 0.2) is 0 Å². The van der Waals surface area contributed by atoms with Gasteiger partial charge in [-0.3, -0.25) is 4.79 Å². The maximum absolute atomic E-state index is 11.7. The van der Waals surface area contributed by atoms with E-state index in [0.717, 1.165) is 6.42 Å². The van der Waals surface area contributed by atoms with Gasteiger partial charge < -0.3 is 11.1 Å². The van der Waals surface area contributed by atoms with Crippen LogP contribution in [-0.2, 0) is 0 Å². The van der Waals surface area contributed by atoms with Crippen LogP contribution in [0.5, 0.6) is 0 Å². The molecule has 0 spiro atoms. The average Bonchev–Trinajstić information content (AvgIpc) is 2.32. The Hall–Kier alpha value is -0.940. The molecule has 1 atom stereocenters. The summed E-state index contributed by atoms with van der Waals surface area (Å²) in [6, 6.07) is 1.53. The molecule has 1 heterocycles. The second kappa shape index (κ2) is 6.71. The topological polar surface area (TPSA) is 68.0 Å². The highest BCUT2D eigenvalue weighted by Gasteiger charge is 2.08. The minimum absolute atomic E-state index is 0.173. The summed E-state index contributed by atoms with van der Waals surface area (Å²) >= 11 is 7.57. The van der Waals surface area contributed by atoms with Crippen LogP contribution in [0.3, 0.4) is 0 Å². The summed E-state index contributed by atoms with van der Waals surface area (Å²) in [7, 11) is 0. The molecule has 0 radical (unpaired) electrons. The van der Waals surface area contributed by atoms with Crippen LogP contribution < -0.4 is 11.1 Å². The molecule has 1 aromatic heterocycles. The van der Waals surface area contributed by atoms with E-state index in [0.29, 0.717) is 22.4 Å². The van der Waals surface area contributed by atoms with E-state index in [2.05, 4.69) is 23.5 Å². The number of thioether (sulfide) groups is 1. The summed E-state index contributed by atoms with van der Waals surface area (Å²) in [4.78, 5) is 15.6. The van der Waals surface area contributed by atoms with Crippen LogP contribution in [0, 0.1) is 0 Å². The minimum Gasteiger partial charge on any atom is -0.382 e. The standard InChI is InChI=1S/C11H16ClN3OS/c1-7(17-2)3-4-14-11(16)8-5-9(12)10(13)15-6-8/h5-7H,3-4H2,1-2H3,(H2,13,15)(H,14,16). The molecule has 1 amide bonds. The van der Waals surface area contributed by atoms with E-state index in [4.69, 9.17) is 17.3 Å². The third kappa shape index (κ3) is 4.44. The summed E-state index contributed by atoms with van der Waals surface area (Å²) in [6.07, 6.45) is 4.41. The lowest BCUT2D eigenvalue weighted by Gasteiger charge is -2.09. The number of carbonyl (C=O) groups excluding carboxylic acids is 1. The third-order valence-corrected chi connectivity index (χ3v) is 3.71. The van der Waals surface area contributed by atoms with Gasteiger partial charge in [-0.2, -0.15) is 11.8 Å². The van der Waals surface area contributed by atoms with Crippen molar-refractivity contribution in [3.05, 3.63) is 22.8 Å². The molecule has 0 fully saturated rings. The Balaban J connectivity index is 2.50. The first-order chi connectivity index (χ1) is 8.04. The number of hydrogen-bond acceptors (Lipinski definition) is 4. The zero-order valence-electron chi connectivity index (χ0n) is 9.87. The largest absolute Gasteiger partial charge is 0.382 e. The molecule has 17 heavy (non-hydrogen) atoms. The van der Waals surface area contributed by atoms with Gasteiger partial charge in [-0.1, -0.05) is 18.5 Å². The van der Waals surface area contributed by atoms with Crippen molar-refractivity contribution in [2.24, 2.45) is 0 Å². The molecular weight excluding hydrogens is 258 g/mol. The molecule has 1 aromatic rings. The lowest BCUT2D eigenvalue weighted by Crippen LogP contribution is -2.26. The zero-order valence-corrected chi connectivity index (χ0v) is 11.4. The monoisotopic (exact) mass is 273 g/mol. The first-order valence-corrected chi connectivity index (χ1v) is 6.93. The molecule has 0 bridgehead atoms. The van der Waals surface area contributed by atoms with Crippen LogP contribution in [-0.4, -0.2) is 28.9 Å². The number of amides is 1. The van der Waals surface area contributed by atoms with Gasteiger partial charge in [0.1, 0.15) is 5.82 Å². The van der Waals surface area contributed by atoms with E-state index < -0.39 is 0 Å². The van der Waals surface area contributed by atoms with Crippen molar-refractivity contribution in [1.82, 2.24) is 10.3 Å². The van der Waals surface area contributed by atoms with E-state index >= 15 is 0 Å². The van der Waals surface area contributed by atoms with Gasteiger partial charge in [0, 0.05) is 18.0 Å². The zero-order chi connectivity index (χ0) is 12.8. The van der Waals surface area contributed by atoms with Crippen LogP contribution >= 0.6 is 23.4 Å². The van der Waals surface area contributed by atoms with Crippen molar-refractivity contribution in [2.75, 3.05) is 18.5 Å². The lowest BCUT2D eigenvalue weighted by atomic mass is 10.2. The summed E-state index contributed by atoms with van der Waals surface area (Å²) in [6.45, 7) is 2.77. The SMILES string of the molecule is CSC(C)CCNC(=O)c1cnc(N)c(Cl)c1. The van der Waals surface area contributed by atoms with Gasteiger partial charge >= 0.3 is 0 Å². The molecule has 3 N–H and O–H groups in total. The number of aromatic nitrogens is 1. The van der Waals surface area contributed by atoms with Crippen LogP contribution in [0.1, 0.15) is 23.7 Å². The maximum atomic E-state index is 11.7. The molecule has 0 aliphatic heterocycles. The Morgan fingerprint density at radius 1 is 1.71 bits per heavy atom. The molecule has 1 rings (SSSR count). The second-order valence-corrected chi connectivity index (χ2v) is 5.37. The molecule has 0 saturated carbocycles. The highest BCUT2D eigenvalue weighted by molar-refractivity contribution is 7.99. The summed E-state index contributed by atoms with van der Waals surface area (Å²) in [5.41, 5.74) is 5.90. The van der Waals surface area contributed by atoms with Crippen LogP contribution in [0.2, 0.25) is 5.02 Å². The molecule has 0 saturated heterocycles. The van der Waals surface area contributed by atoms with E-state index in [9.17, 15) is 4.79 Å². The normalized spacial score (nSPS) is 12.2. The fraction of sp³-hybridized carbons (Fsp3) is 0.455. The Kier molecular flexibility index (Phi) is 5.58. The van der Waals surface area contributed by atoms with Gasteiger partial charge in [-0.25, -0.2) is 4.98 Å². The number of carbonyl (C=O) groups is 1. The fourth-order valence-corrected chi connectivity index (χ4v) is 1.70. The number of rotatable bonds is 5. The van der Waals surface area contributed by atoms with Crippen LogP contribution in [0.4, 0.5) is 5.82 Å². The van der Waals surface area contributed by atoms with Gasteiger partial charge in [0.25, 0.3) is 5.91 Å². The number of pyridine rings is 1. The molecule has 6 heteroatoms. The molecule has 0 aliphatic rings. The maximum Gasteiger partial charge on any atom is 0.252 e. The van der Waals surface area contributed by atoms with Crippen molar-refractivity contribution in [1.29, 1.82) is 0 Å². The molecule has 94 valence electrons. The van der Waals surface area contributed by atoms with E-state index in [1.165, 1.54) is 12.3 Å². The first-order valence-electron chi connectivity index (χ1n) is 5.26. The highest BCUT2D eigenvalue weighted by Crippen LogP contribution is 2.16. The van der Waals surface area contributed by atoms with Crippen LogP contribution in [0.25, 0.3) is 0 Å². The molecule has 4 nitrogen and oxygen atoms in total. The lowest BCUT2D eigenvalue weighted by molar-refractivity contribution is 0.0953. The summed E-state index contributed by atoms with van der Waals surface area (Å²) < 4.78 is 0. The van der Waals surface area contributed by atoms with Crippen molar-refractivity contribution < 1.29 is 4.79 Å². The fourth-order valence-electron chi connectivity index (χ4n) is 1.18. The van der Waals surface area contributed by atoms with E-state index in [-0.39, 0.29) is 11.7 Å². The van der Waals surface area contributed by atoms with Crippen molar-refractivity contribution >= 4 is 35.1 Å². The Morgan fingerprint density at radius 3 is 3.00 bits per heavy atom. The van der Waals surface area contributed by atoms with Gasteiger partial charge in [-0.15, -0.1) is 0 Å². The number of anilines is 1. The Bertz CT molecular complexity index is 400. The predicted molar refractivity (Wildman–Crippen MR) is 73.6 cm³/mol.